The lowest BCUT2D eigenvalue weighted by Crippen LogP contribution is -2.08. The first-order chi connectivity index (χ1) is 13.0. The average molecular weight is 362 g/mol. The Kier molecular flexibility index (Phi) is 7.32. The SMILES string of the molecule is COc1ccc(C)cc1.Cc1ccc(OC(=O)c2ccc(C=O)cc2)cc1. The maximum atomic E-state index is 11.8. The van der Waals surface area contributed by atoms with Gasteiger partial charge in [-0.3, -0.25) is 4.79 Å². The fourth-order valence-corrected chi connectivity index (χ4v) is 2.14. The largest absolute Gasteiger partial charge is 0.497 e. The van der Waals surface area contributed by atoms with Gasteiger partial charge < -0.3 is 9.47 Å². The molecule has 0 amide bonds. The zero-order valence-electron chi connectivity index (χ0n) is 15.6. The van der Waals surface area contributed by atoms with Crippen molar-refractivity contribution in [3.63, 3.8) is 0 Å². The van der Waals surface area contributed by atoms with Crippen molar-refractivity contribution in [2.75, 3.05) is 7.11 Å². The van der Waals surface area contributed by atoms with E-state index in [1.807, 2.05) is 43.3 Å². The monoisotopic (exact) mass is 362 g/mol. The first kappa shape index (κ1) is 19.9. The molecule has 4 nitrogen and oxygen atoms in total. The van der Waals surface area contributed by atoms with E-state index in [2.05, 4.69) is 6.92 Å². The number of aldehydes is 1. The summed E-state index contributed by atoms with van der Waals surface area (Å²) >= 11 is 0. The van der Waals surface area contributed by atoms with E-state index in [0.717, 1.165) is 17.6 Å². The van der Waals surface area contributed by atoms with Crippen LogP contribution in [0.5, 0.6) is 11.5 Å². The van der Waals surface area contributed by atoms with Gasteiger partial charge >= 0.3 is 5.97 Å². The lowest BCUT2D eigenvalue weighted by molar-refractivity contribution is 0.0734. The zero-order valence-corrected chi connectivity index (χ0v) is 15.6. The van der Waals surface area contributed by atoms with Crippen LogP contribution >= 0.6 is 0 Å². The molecule has 0 atom stereocenters. The molecule has 0 N–H and O–H groups in total. The number of rotatable bonds is 4. The third-order valence-electron chi connectivity index (χ3n) is 3.77. The number of hydrogen-bond acceptors (Lipinski definition) is 4. The van der Waals surface area contributed by atoms with Crippen molar-refractivity contribution >= 4 is 12.3 Å². The zero-order chi connectivity index (χ0) is 19.6. The second kappa shape index (κ2) is 9.92. The molecule has 4 heteroatoms. The molecular formula is C23H22O4. The van der Waals surface area contributed by atoms with E-state index in [9.17, 15) is 9.59 Å². The number of carbonyl (C=O) groups is 2. The van der Waals surface area contributed by atoms with E-state index in [1.165, 1.54) is 5.56 Å². The van der Waals surface area contributed by atoms with Gasteiger partial charge in [0.05, 0.1) is 12.7 Å². The van der Waals surface area contributed by atoms with Crippen LogP contribution in [0, 0.1) is 13.8 Å². The predicted octanol–water partition coefficient (Wildman–Crippen LogP) is 5.03. The number of aryl methyl sites for hydroxylation is 2. The number of carbonyl (C=O) groups excluding carboxylic acids is 2. The smallest absolute Gasteiger partial charge is 0.343 e. The maximum Gasteiger partial charge on any atom is 0.343 e. The molecule has 0 bridgehead atoms. The molecule has 0 saturated carbocycles. The first-order valence-electron chi connectivity index (χ1n) is 8.46. The van der Waals surface area contributed by atoms with Crippen molar-refractivity contribution in [1.29, 1.82) is 0 Å². The summed E-state index contributed by atoms with van der Waals surface area (Å²) in [6, 6.07) is 21.5. The minimum absolute atomic E-state index is 0.418. The lowest BCUT2D eigenvalue weighted by atomic mass is 10.1. The van der Waals surface area contributed by atoms with Crippen LogP contribution in [0.2, 0.25) is 0 Å². The molecule has 0 heterocycles. The number of ether oxygens (including phenoxy) is 2. The Balaban J connectivity index is 0.000000244. The summed E-state index contributed by atoms with van der Waals surface area (Å²) in [5.41, 5.74) is 3.31. The number of benzene rings is 3. The van der Waals surface area contributed by atoms with Crippen molar-refractivity contribution in [1.82, 2.24) is 0 Å². The van der Waals surface area contributed by atoms with E-state index < -0.39 is 5.97 Å². The van der Waals surface area contributed by atoms with Gasteiger partial charge in [0.1, 0.15) is 17.8 Å². The van der Waals surface area contributed by atoms with Crippen LogP contribution in [0.4, 0.5) is 0 Å². The summed E-state index contributed by atoms with van der Waals surface area (Å²) in [7, 11) is 1.67. The minimum Gasteiger partial charge on any atom is -0.497 e. The summed E-state index contributed by atoms with van der Waals surface area (Å²) in [6.45, 7) is 4.02. The fraction of sp³-hybridized carbons (Fsp3) is 0.130. The molecule has 0 spiro atoms. The molecule has 0 fully saturated rings. The highest BCUT2D eigenvalue weighted by atomic mass is 16.5. The molecule has 27 heavy (non-hydrogen) atoms. The molecule has 138 valence electrons. The molecule has 0 aliphatic carbocycles. The fourth-order valence-electron chi connectivity index (χ4n) is 2.14. The van der Waals surface area contributed by atoms with Crippen LogP contribution in [0.15, 0.2) is 72.8 Å². The topological polar surface area (TPSA) is 52.6 Å². The van der Waals surface area contributed by atoms with Crippen molar-refractivity contribution in [2.45, 2.75) is 13.8 Å². The van der Waals surface area contributed by atoms with Crippen LogP contribution in [0.25, 0.3) is 0 Å². The van der Waals surface area contributed by atoms with Gasteiger partial charge in [-0.2, -0.15) is 0 Å². The van der Waals surface area contributed by atoms with Gasteiger partial charge in [-0.25, -0.2) is 4.79 Å². The van der Waals surface area contributed by atoms with Gasteiger partial charge in [0.25, 0.3) is 0 Å². The third-order valence-corrected chi connectivity index (χ3v) is 3.77. The molecule has 0 aliphatic rings. The quantitative estimate of drug-likeness (QED) is 0.371. The summed E-state index contributed by atoms with van der Waals surface area (Å²) in [5, 5.41) is 0. The van der Waals surface area contributed by atoms with Gasteiger partial charge in [0, 0.05) is 5.56 Å². The van der Waals surface area contributed by atoms with Gasteiger partial charge in [-0.05, 0) is 50.2 Å². The summed E-state index contributed by atoms with van der Waals surface area (Å²) in [5.74, 6) is 0.988. The van der Waals surface area contributed by atoms with E-state index in [1.54, 1.807) is 43.5 Å². The highest BCUT2D eigenvalue weighted by molar-refractivity contribution is 5.91. The molecule has 3 aromatic carbocycles. The van der Waals surface area contributed by atoms with Crippen LogP contribution in [-0.4, -0.2) is 19.4 Å². The molecule has 0 aliphatic heterocycles. The Bertz CT molecular complexity index is 864. The molecule has 0 aromatic heterocycles. The van der Waals surface area contributed by atoms with E-state index >= 15 is 0 Å². The normalized spacial score (nSPS) is 9.59. The van der Waals surface area contributed by atoms with Gasteiger partial charge in [0.15, 0.2) is 0 Å². The highest BCUT2D eigenvalue weighted by Crippen LogP contribution is 2.14. The Morgan fingerprint density at radius 1 is 0.741 bits per heavy atom. The highest BCUT2D eigenvalue weighted by Gasteiger charge is 2.08. The third kappa shape index (κ3) is 6.44. The van der Waals surface area contributed by atoms with E-state index in [-0.39, 0.29) is 0 Å². The summed E-state index contributed by atoms with van der Waals surface area (Å²) < 4.78 is 10.2. The van der Waals surface area contributed by atoms with Gasteiger partial charge in [0.2, 0.25) is 0 Å². The summed E-state index contributed by atoms with van der Waals surface area (Å²) in [6.07, 6.45) is 0.731. The minimum atomic E-state index is -0.434. The maximum absolute atomic E-state index is 11.8. The summed E-state index contributed by atoms with van der Waals surface area (Å²) in [4.78, 5) is 22.3. The van der Waals surface area contributed by atoms with Gasteiger partial charge in [-0.15, -0.1) is 0 Å². The predicted molar refractivity (Wildman–Crippen MR) is 106 cm³/mol. The van der Waals surface area contributed by atoms with Crippen LogP contribution < -0.4 is 9.47 Å². The van der Waals surface area contributed by atoms with Crippen molar-refractivity contribution < 1.29 is 19.1 Å². The molecule has 3 rings (SSSR count). The van der Waals surface area contributed by atoms with Crippen molar-refractivity contribution in [2.24, 2.45) is 0 Å². The second-order valence-electron chi connectivity index (χ2n) is 5.96. The van der Waals surface area contributed by atoms with Crippen LogP contribution in [-0.2, 0) is 0 Å². The molecule has 0 radical (unpaired) electrons. The molecule has 0 unspecified atom stereocenters. The second-order valence-corrected chi connectivity index (χ2v) is 5.96. The molecule has 3 aromatic rings. The van der Waals surface area contributed by atoms with Crippen LogP contribution in [0.3, 0.4) is 0 Å². The number of hydrogen-bond donors (Lipinski definition) is 0. The van der Waals surface area contributed by atoms with E-state index in [0.29, 0.717) is 16.9 Å². The Morgan fingerprint density at radius 2 is 1.22 bits per heavy atom. The van der Waals surface area contributed by atoms with Crippen molar-refractivity contribution in [3.05, 3.63) is 95.1 Å². The van der Waals surface area contributed by atoms with Crippen molar-refractivity contribution in [3.8, 4) is 11.5 Å². The standard InChI is InChI=1S/C15H12O3.C8H10O/c1-11-2-8-14(9-3-11)18-15(17)13-6-4-12(10-16)5-7-13;1-7-3-5-8(9-2)6-4-7/h2-10H,1H3;3-6H,1-2H3. The first-order valence-corrected chi connectivity index (χ1v) is 8.46. The van der Waals surface area contributed by atoms with Crippen LogP contribution in [0.1, 0.15) is 31.8 Å². The average Bonchev–Trinajstić information content (AvgIpc) is 2.71. The molecular weight excluding hydrogens is 340 g/mol. The molecule has 0 saturated heterocycles. The Morgan fingerprint density at radius 3 is 1.67 bits per heavy atom. The van der Waals surface area contributed by atoms with Gasteiger partial charge in [-0.1, -0.05) is 47.5 Å². The number of esters is 1. The van der Waals surface area contributed by atoms with E-state index in [4.69, 9.17) is 9.47 Å². The number of methoxy groups -OCH3 is 1. The lowest BCUT2D eigenvalue weighted by Gasteiger charge is -2.04. The Labute approximate surface area is 159 Å². The Hall–Kier alpha value is -3.40.